The largest absolute Gasteiger partial charge is 0.373 e. The van der Waals surface area contributed by atoms with Crippen LogP contribution in [-0.4, -0.2) is 42.1 Å². The van der Waals surface area contributed by atoms with Gasteiger partial charge in [0, 0.05) is 18.8 Å². The smallest absolute Gasteiger partial charge is 0.241 e. The molecule has 122 valence electrons. The number of amides is 1. The van der Waals surface area contributed by atoms with Crippen LogP contribution >= 0.6 is 0 Å². The Morgan fingerprint density at radius 2 is 1.68 bits per heavy atom. The molecule has 1 saturated heterocycles. The molecule has 4 nitrogen and oxygen atoms in total. The van der Waals surface area contributed by atoms with Gasteiger partial charge in [0.15, 0.2) is 0 Å². The van der Waals surface area contributed by atoms with Crippen LogP contribution in [0.4, 0.5) is 5.69 Å². The summed E-state index contributed by atoms with van der Waals surface area (Å²) in [6.45, 7) is 13.8. The van der Waals surface area contributed by atoms with Crippen molar-refractivity contribution in [3.8, 4) is 0 Å². The highest BCUT2D eigenvalue weighted by atomic mass is 16.5. The van der Waals surface area contributed by atoms with E-state index in [9.17, 15) is 4.79 Å². The van der Waals surface area contributed by atoms with Crippen molar-refractivity contribution in [2.45, 2.75) is 59.8 Å². The average Bonchev–Trinajstić information content (AvgIpc) is 2.40. The van der Waals surface area contributed by atoms with E-state index in [2.05, 4.69) is 43.1 Å². The molecular formula is C18H28N2O2. The fourth-order valence-electron chi connectivity index (χ4n) is 3.30. The van der Waals surface area contributed by atoms with Crippen LogP contribution in [0.5, 0.6) is 0 Å². The average molecular weight is 304 g/mol. The fourth-order valence-corrected chi connectivity index (χ4v) is 3.30. The van der Waals surface area contributed by atoms with Crippen LogP contribution in [0, 0.1) is 20.8 Å². The summed E-state index contributed by atoms with van der Waals surface area (Å²) < 4.78 is 5.74. The van der Waals surface area contributed by atoms with Crippen LogP contribution in [-0.2, 0) is 9.53 Å². The van der Waals surface area contributed by atoms with E-state index < -0.39 is 0 Å². The number of anilines is 1. The molecule has 1 fully saturated rings. The van der Waals surface area contributed by atoms with Crippen molar-refractivity contribution in [1.82, 2.24) is 4.90 Å². The van der Waals surface area contributed by atoms with Crippen LogP contribution in [0.25, 0.3) is 0 Å². The van der Waals surface area contributed by atoms with E-state index in [-0.39, 0.29) is 24.2 Å². The van der Waals surface area contributed by atoms with Gasteiger partial charge in [-0.25, -0.2) is 0 Å². The summed E-state index contributed by atoms with van der Waals surface area (Å²) in [7, 11) is 0. The number of benzene rings is 1. The minimum absolute atomic E-state index is 0.0522. The number of carbonyl (C=O) groups is 1. The first-order valence-electron chi connectivity index (χ1n) is 8.06. The number of hydrogen-bond donors (Lipinski definition) is 1. The molecule has 0 bridgehead atoms. The van der Waals surface area contributed by atoms with Crippen molar-refractivity contribution >= 4 is 11.6 Å². The summed E-state index contributed by atoms with van der Waals surface area (Å²) in [5.41, 5.74) is 4.39. The Bertz CT molecular complexity index is 523. The molecule has 1 N–H and O–H groups in total. The molecule has 3 atom stereocenters. The predicted molar refractivity (Wildman–Crippen MR) is 90.3 cm³/mol. The van der Waals surface area contributed by atoms with Crippen molar-refractivity contribution in [2.75, 3.05) is 18.4 Å². The molecule has 1 heterocycles. The molecule has 1 aliphatic rings. The van der Waals surface area contributed by atoms with Gasteiger partial charge in [-0.05, 0) is 52.7 Å². The Balaban J connectivity index is 2.09. The minimum atomic E-state index is -0.158. The standard InChI is InChI=1S/C18H28N2O2/c1-11-7-12(2)17(13(3)8-11)19-18(21)16(6)20-9-14(4)22-15(5)10-20/h7-8,14-16H,9-10H2,1-6H3,(H,19,21)/t14-,15+,16-/m1/s1. The zero-order valence-corrected chi connectivity index (χ0v) is 14.6. The van der Waals surface area contributed by atoms with Crippen LogP contribution in [0.3, 0.4) is 0 Å². The van der Waals surface area contributed by atoms with Gasteiger partial charge in [-0.1, -0.05) is 17.7 Å². The van der Waals surface area contributed by atoms with Crippen LogP contribution < -0.4 is 5.32 Å². The van der Waals surface area contributed by atoms with Crippen LogP contribution in [0.15, 0.2) is 12.1 Å². The molecule has 0 spiro atoms. The van der Waals surface area contributed by atoms with Crippen molar-refractivity contribution in [1.29, 1.82) is 0 Å². The molecule has 0 radical (unpaired) electrons. The SMILES string of the molecule is Cc1cc(C)c(NC(=O)[C@@H](C)N2C[C@@H](C)O[C@@H](C)C2)c(C)c1. The van der Waals surface area contributed by atoms with Gasteiger partial charge in [-0.3, -0.25) is 9.69 Å². The van der Waals surface area contributed by atoms with Gasteiger partial charge in [0.2, 0.25) is 5.91 Å². The molecule has 1 aromatic rings. The summed E-state index contributed by atoms with van der Waals surface area (Å²) in [5, 5.41) is 3.11. The normalized spacial score (nSPS) is 24.1. The Hall–Kier alpha value is -1.39. The molecule has 0 aliphatic carbocycles. The van der Waals surface area contributed by atoms with E-state index in [1.165, 1.54) is 5.56 Å². The van der Waals surface area contributed by atoms with Crippen LogP contribution in [0.2, 0.25) is 0 Å². The first kappa shape index (κ1) is 17.0. The van der Waals surface area contributed by atoms with Crippen molar-refractivity contribution in [3.63, 3.8) is 0 Å². The first-order chi connectivity index (χ1) is 10.3. The highest BCUT2D eigenvalue weighted by Crippen LogP contribution is 2.23. The van der Waals surface area contributed by atoms with Gasteiger partial charge in [0.1, 0.15) is 0 Å². The fraction of sp³-hybridized carbons (Fsp3) is 0.611. The minimum Gasteiger partial charge on any atom is -0.373 e. The first-order valence-corrected chi connectivity index (χ1v) is 8.06. The van der Waals surface area contributed by atoms with Crippen molar-refractivity contribution < 1.29 is 9.53 Å². The zero-order valence-electron chi connectivity index (χ0n) is 14.6. The number of morpholine rings is 1. The second kappa shape index (κ2) is 6.80. The quantitative estimate of drug-likeness (QED) is 0.933. The third kappa shape index (κ3) is 3.87. The third-order valence-electron chi connectivity index (χ3n) is 4.30. The number of aryl methyl sites for hydroxylation is 3. The van der Waals surface area contributed by atoms with E-state index in [0.717, 1.165) is 29.9 Å². The number of nitrogens with one attached hydrogen (secondary N) is 1. The lowest BCUT2D eigenvalue weighted by Crippen LogP contribution is -2.52. The van der Waals surface area contributed by atoms with Gasteiger partial charge in [0.05, 0.1) is 18.2 Å². The van der Waals surface area contributed by atoms with Gasteiger partial charge >= 0.3 is 0 Å². The molecule has 4 heteroatoms. The molecular weight excluding hydrogens is 276 g/mol. The number of nitrogens with zero attached hydrogens (tertiary/aromatic N) is 1. The van der Waals surface area contributed by atoms with E-state index in [0.29, 0.717) is 0 Å². The zero-order chi connectivity index (χ0) is 16.4. The highest BCUT2D eigenvalue weighted by molar-refractivity contribution is 5.96. The van der Waals surface area contributed by atoms with Crippen molar-refractivity contribution in [2.24, 2.45) is 0 Å². The Morgan fingerprint density at radius 3 is 2.18 bits per heavy atom. The lowest BCUT2D eigenvalue weighted by atomic mass is 10.0. The third-order valence-corrected chi connectivity index (χ3v) is 4.30. The number of hydrogen-bond acceptors (Lipinski definition) is 3. The maximum atomic E-state index is 12.6. The molecule has 22 heavy (non-hydrogen) atoms. The number of ether oxygens (including phenoxy) is 1. The number of carbonyl (C=O) groups excluding carboxylic acids is 1. The maximum absolute atomic E-state index is 12.6. The van der Waals surface area contributed by atoms with E-state index in [1.807, 2.05) is 20.8 Å². The highest BCUT2D eigenvalue weighted by Gasteiger charge is 2.29. The van der Waals surface area contributed by atoms with Crippen LogP contribution in [0.1, 0.15) is 37.5 Å². The maximum Gasteiger partial charge on any atom is 0.241 e. The number of rotatable bonds is 3. The van der Waals surface area contributed by atoms with Gasteiger partial charge in [-0.15, -0.1) is 0 Å². The van der Waals surface area contributed by atoms with Gasteiger partial charge < -0.3 is 10.1 Å². The molecule has 0 aromatic heterocycles. The van der Waals surface area contributed by atoms with E-state index in [4.69, 9.17) is 4.74 Å². The Labute approximate surface area is 133 Å². The molecule has 2 rings (SSSR count). The Kier molecular flexibility index (Phi) is 5.24. The molecule has 0 unspecified atom stereocenters. The van der Waals surface area contributed by atoms with E-state index in [1.54, 1.807) is 0 Å². The molecule has 1 amide bonds. The summed E-state index contributed by atoms with van der Waals surface area (Å²) in [6.07, 6.45) is 0.337. The predicted octanol–water partition coefficient (Wildman–Crippen LogP) is 3.05. The van der Waals surface area contributed by atoms with Crippen molar-refractivity contribution in [3.05, 3.63) is 28.8 Å². The molecule has 0 saturated carbocycles. The second-order valence-corrected chi connectivity index (χ2v) is 6.65. The van der Waals surface area contributed by atoms with Gasteiger partial charge in [-0.2, -0.15) is 0 Å². The summed E-state index contributed by atoms with van der Waals surface area (Å²) in [4.78, 5) is 14.8. The second-order valence-electron chi connectivity index (χ2n) is 6.65. The lowest BCUT2D eigenvalue weighted by molar-refractivity contribution is -0.126. The summed E-state index contributed by atoms with van der Waals surface area (Å²) in [5.74, 6) is 0.0522. The summed E-state index contributed by atoms with van der Waals surface area (Å²) in [6, 6.07) is 4.05. The molecule has 1 aliphatic heterocycles. The Morgan fingerprint density at radius 1 is 1.18 bits per heavy atom. The monoisotopic (exact) mass is 304 g/mol. The summed E-state index contributed by atoms with van der Waals surface area (Å²) >= 11 is 0. The molecule has 1 aromatic carbocycles. The lowest BCUT2D eigenvalue weighted by Gasteiger charge is -2.38. The van der Waals surface area contributed by atoms with E-state index >= 15 is 0 Å². The topological polar surface area (TPSA) is 41.6 Å². The van der Waals surface area contributed by atoms with Gasteiger partial charge in [0.25, 0.3) is 0 Å².